The fourth-order valence-corrected chi connectivity index (χ4v) is 2.56. The van der Waals surface area contributed by atoms with Crippen LogP contribution in [0.25, 0.3) is 10.8 Å². The number of fused-ring (bicyclic) bond motifs is 1. The summed E-state index contributed by atoms with van der Waals surface area (Å²) >= 11 is 3.46. The smallest absolute Gasteiger partial charge is 0.347 e. The SMILES string of the molecule is CCCCC(Oc1ccc2cc(Br)ccc2c1)C(=O)OC. The molecule has 0 fully saturated rings. The molecule has 21 heavy (non-hydrogen) atoms. The minimum absolute atomic E-state index is 0.320. The Hall–Kier alpha value is -1.55. The van der Waals surface area contributed by atoms with Crippen LogP contribution < -0.4 is 4.74 Å². The molecule has 0 radical (unpaired) electrons. The lowest BCUT2D eigenvalue weighted by molar-refractivity contribution is -0.149. The fraction of sp³-hybridized carbons (Fsp3) is 0.353. The van der Waals surface area contributed by atoms with Gasteiger partial charge in [0.25, 0.3) is 0 Å². The second kappa shape index (κ2) is 7.46. The third-order valence-electron chi connectivity index (χ3n) is 3.34. The van der Waals surface area contributed by atoms with Gasteiger partial charge in [-0.15, -0.1) is 0 Å². The minimum atomic E-state index is -0.539. The zero-order chi connectivity index (χ0) is 15.2. The van der Waals surface area contributed by atoms with Gasteiger partial charge in [-0.3, -0.25) is 0 Å². The molecule has 2 aromatic rings. The van der Waals surface area contributed by atoms with E-state index in [0.29, 0.717) is 12.2 Å². The first-order valence-corrected chi connectivity index (χ1v) is 7.87. The molecule has 4 heteroatoms. The van der Waals surface area contributed by atoms with E-state index < -0.39 is 6.10 Å². The average Bonchev–Trinajstić information content (AvgIpc) is 2.50. The van der Waals surface area contributed by atoms with Crippen molar-refractivity contribution in [3.8, 4) is 5.75 Å². The molecule has 0 heterocycles. The fourth-order valence-electron chi connectivity index (χ4n) is 2.18. The molecular weight excluding hydrogens is 332 g/mol. The first kappa shape index (κ1) is 15.8. The maximum Gasteiger partial charge on any atom is 0.347 e. The molecule has 0 aromatic heterocycles. The summed E-state index contributed by atoms with van der Waals surface area (Å²) in [6, 6.07) is 11.9. The van der Waals surface area contributed by atoms with Crippen LogP contribution in [-0.4, -0.2) is 19.2 Å². The highest BCUT2D eigenvalue weighted by atomic mass is 79.9. The first-order chi connectivity index (χ1) is 10.1. The Labute approximate surface area is 133 Å². The van der Waals surface area contributed by atoms with Gasteiger partial charge in [0.2, 0.25) is 0 Å². The number of hydrogen-bond donors (Lipinski definition) is 0. The average molecular weight is 351 g/mol. The van der Waals surface area contributed by atoms with Crippen LogP contribution in [0.2, 0.25) is 0 Å². The second-order valence-electron chi connectivity index (χ2n) is 4.93. The predicted molar refractivity (Wildman–Crippen MR) is 87.6 cm³/mol. The molecule has 0 spiro atoms. The standard InChI is InChI=1S/C17H19BrO3/c1-3-4-5-16(17(19)20-2)21-15-9-7-12-10-14(18)8-6-13(12)11-15/h6-11,16H,3-5H2,1-2H3. The number of hydrogen-bond acceptors (Lipinski definition) is 3. The van der Waals surface area contributed by atoms with Gasteiger partial charge in [0.15, 0.2) is 6.10 Å². The van der Waals surface area contributed by atoms with Crippen LogP contribution in [0, 0.1) is 0 Å². The summed E-state index contributed by atoms with van der Waals surface area (Å²) in [5, 5.41) is 2.20. The molecule has 3 nitrogen and oxygen atoms in total. The van der Waals surface area contributed by atoms with E-state index >= 15 is 0 Å². The molecule has 0 N–H and O–H groups in total. The molecule has 0 saturated carbocycles. The van der Waals surface area contributed by atoms with E-state index in [2.05, 4.69) is 22.9 Å². The normalized spacial score (nSPS) is 12.1. The molecule has 0 aliphatic carbocycles. The minimum Gasteiger partial charge on any atom is -0.479 e. The molecule has 2 rings (SSSR count). The second-order valence-corrected chi connectivity index (χ2v) is 5.84. The topological polar surface area (TPSA) is 35.5 Å². The van der Waals surface area contributed by atoms with Gasteiger partial charge in [-0.2, -0.15) is 0 Å². The van der Waals surface area contributed by atoms with E-state index in [9.17, 15) is 4.79 Å². The van der Waals surface area contributed by atoms with Crippen LogP contribution in [-0.2, 0) is 9.53 Å². The van der Waals surface area contributed by atoms with E-state index in [-0.39, 0.29) is 5.97 Å². The lowest BCUT2D eigenvalue weighted by atomic mass is 10.1. The third-order valence-corrected chi connectivity index (χ3v) is 3.83. The van der Waals surface area contributed by atoms with Crippen molar-refractivity contribution in [1.29, 1.82) is 0 Å². The van der Waals surface area contributed by atoms with E-state index in [4.69, 9.17) is 9.47 Å². The molecular formula is C17H19BrO3. The lowest BCUT2D eigenvalue weighted by Gasteiger charge is -2.17. The number of carbonyl (C=O) groups excluding carboxylic acids is 1. The van der Waals surface area contributed by atoms with Crippen molar-refractivity contribution in [2.75, 3.05) is 7.11 Å². The van der Waals surface area contributed by atoms with Crippen molar-refractivity contribution < 1.29 is 14.3 Å². The number of methoxy groups -OCH3 is 1. The quantitative estimate of drug-likeness (QED) is 0.707. The van der Waals surface area contributed by atoms with Crippen molar-refractivity contribution in [2.24, 2.45) is 0 Å². The number of unbranched alkanes of at least 4 members (excludes halogenated alkanes) is 1. The number of halogens is 1. The summed E-state index contributed by atoms with van der Waals surface area (Å²) in [6.07, 6.45) is 2.08. The lowest BCUT2D eigenvalue weighted by Crippen LogP contribution is -2.28. The van der Waals surface area contributed by atoms with Crippen molar-refractivity contribution in [1.82, 2.24) is 0 Å². The Morgan fingerprint density at radius 3 is 2.62 bits per heavy atom. The molecule has 0 aliphatic heterocycles. The number of rotatable bonds is 6. The molecule has 1 unspecified atom stereocenters. The Kier molecular flexibility index (Phi) is 5.62. The number of benzene rings is 2. The van der Waals surface area contributed by atoms with Gasteiger partial charge in [0, 0.05) is 4.47 Å². The van der Waals surface area contributed by atoms with Gasteiger partial charge in [0.05, 0.1) is 7.11 Å². The van der Waals surface area contributed by atoms with Crippen molar-refractivity contribution in [3.63, 3.8) is 0 Å². The molecule has 0 saturated heterocycles. The Morgan fingerprint density at radius 1 is 1.19 bits per heavy atom. The summed E-state index contributed by atoms with van der Waals surface area (Å²) in [7, 11) is 1.39. The van der Waals surface area contributed by atoms with Crippen molar-refractivity contribution in [2.45, 2.75) is 32.3 Å². The highest BCUT2D eigenvalue weighted by Gasteiger charge is 2.20. The Bertz CT molecular complexity index is 624. The maximum atomic E-state index is 11.8. The first-order valence-electron chi connectivity index (χ1n) is 7.08. The van der Waals surface area contributed by atoms with E-state index in [1.165, 1.54) is 7.11 Å². The van der Waals surface area contributed by atoms with Crippen LogP contribution >= 0.6 is 15.9 Å². The summed E-state index contributed by atoms with van der Waals surface area (Å²) in [5.41, 5.74) is 0. The number of carbonyl (C=O) groups is 1. The molecule has 0 amide bonds. The van der Waals surface area contributed by atoms with Crippen LogP contribution in [0.1, 0.15) is 26.2 Å². The van der Waals surface area contributed by atoms with E-state index in [0.717, 1.165) is 28.1 Å². The molecule has 1 atom stereocenters. The van der Waals surface area contributed by atoms with E-state index in [1.807, 2.05) is 36.4 Å². The molecule has 0 aliphatic rings. The highest BCUT2D eigenvalue weighted by Crippen LogP contribution is 2.25. The summed E-state index contributed by atoms with van der Waals surface area (Å²) in [5.74, 6) is 0.371. The molecule has 0 bridgehead atoms. The molecule has 112 valence electrons. The van der Waals surface area contributed by atoms with E-state index in [1.54, 1.807) is 0 Å². The maximum absolute atomic E-state index is 11.8. The zero-order valence-electron chi connectivity index (χ0n) is 12.3. The highest BCUT2D eigenvalue weighted by molar-refractivity contribution is 9.10. The summed E-state index contributed by atoms with van der Waals surface area (Å²) in [4.78, 5) is 11.8. The number of esters is 1. The van der Waals surface area contributed by atoms with Gasteiger partial charge in [0.1, 0.15) is 5.75 Å². The Balaban J connectivity index is 2.19. The van der Waals surface area contributed by atoms with Crippen LogP contribution in [0.4, 0.5) is 0 Å². The van der Waals surface area contributed by atoms with Gasteiger partial charge in [-0.25, -0.2) is 4.79 Å². The van der Waals surface area contributed by atoms with Crippen molar-refractivity contribution >= 4 is 32.7 Å². The zero-order valence-corrected chi connectivity index (χ0v) is 13.9. The van der Waals surface area contributed by atoms with Crippen LogP contribution in [0.15, 0.2) is 40.9 Å². The van der Waals surface area contributed by atoms with Crippen LogP contribution in [0.5, 0.6) is 5.75 Å². The Morgan fingerprint density at radius 2 is 1.90 bits per heavy atom. The number of ether oxygens (including phenoxy) is 2. The predicted octanol–water partition coefficient (Wildman–Crippen LogP) is 4.71. The van der Waals surface area contributed by atoms with Gasteiger partial charge < -0.3 is 9.47 Å². The van der Waals surface area contributed by atoms with Gasteiger partial charge >= 0.3 is 5.97 Å². The monoisotopic (exact) mass is 350 g/mol. The summed E-state index contributed by atoms with van der Waals surface area (Å²) < 4.78 is 11.7. The van der Waals surface area contributed by atoms with Gasteiger partial charge in [-0.05, 0) is 47.9 Å². The van der Waals surface area contributed by atoms with Gasteiger partial charge in [-0.1, -0.05) is 41.4 Å². The largest absolute Gasteiger partial charge is 0.479 e. The van der Waals surface area contributed by atoms with Crippen LogP contribution in [0.3, 0.4) is 0 Å². The van der Waals surface area contributed by atoms with Crippen molar-refractivity contribution in [3.05, 3.63) is 40.9 Å². The third kappa shape index (κ3) is 4.21. The summed E-state index contributed by atoms with van der Waals surface area (Å²) in [6.45, 7) is 2.09. The molecule has 2 aromatic carbocycles.